The molecule has 3 aromatic rings. The average molecular weight is 378 g/mol. The van der Waals surface area contributed by atoms with E-state index in [1.54, 1.807) is 18.3 Å². The Balaban J connectivity index is 1.72. The largest absolute Gasteiger partial charge is 0.281 e. The van der Waals surface area contributed by atoms with Gasteiger partial charge in [0.1, 0.15) is 5.69 Å². The second-order valence-electron chi connectivity index (χ2n) is 6.64. The zero-order valence-corrected chi connectivity index (χ0v) is 15.5. The maximum absolute atomic E-state index is 11.5. The quantitative estimate of drug-likeness (QED) is 0.684. The number of H-pyrrole nitrogens is 1. The third kappa shape index (κ3) is 3.77. The highest BCUT2D eigenvalue weighted by Gasteiger charge is 2.25. The number of aromatic nitrogens is 3. The summed E-state index contributed by atoms with van der Waals surface area (Å²) in [7, 11) is -3.76. The van der Waals surface area contributed by atoms with Crippen LogP contribution in [0.4, 0.5) is 0 Å². The third-order valence-corrected chi connectivity index (χ3v) is 5.40. The predicted octanol–water partition coefficient (Wildman–Crippen LogP) is 2.70. The molecule has 27 heavy (non-hydrogen) atoms. The fourth-order valence-corrected chi connectivity index (χ4v) is 3.43. The molecule has 0 spiro atoms. The van der Waals surface area contributed by atoms with Crippen molar-refractivity contribution in [1.29, 1.82) is 0 Å². The number of aryl methyl sites for hydroxylation is 1. The van der Waals surface area contributed by atoms with Gasteiger partial charge in [0.25, 0.3) is 0 Å². The van der Waals surface area contributed by atoms with Crippen molar-refractivity contribution in [3.8, 4) is 23.1 Å². The monoisotopic (exact) mass is 378 g/mol. The number of hydrogen-bond donors (Lipinski definition) is 2. The summed E-state index contributed by atoms with van der Waals surface area (Å²) >= 11 is 0. The maximum Gasteiger partial charge on any atom is 0.238 e. The van der Waals surface area contributed by atoms with Gasteiger partial charge in [-0.1, -0.05) is 17.9 Å². The number of sulfonamides is 1. The van der Waals surface area contributed by atoms with Crippen LogP contribution in [0.15, 0.2) is 47.5 Å². The van der Waals surface area contributed by atoms with Gasteiger partial charge < -0.3 is 0 Å². The van der Waals surface area contributed by atoms with Crippen molar-refractivity contribution in [2.24, 2.45) is 5.14 Å². The lowest BCUT2D eigenvalue weighted by molar-refractivity contribution is 0.598. The van der Waals surface area contributed by atoms with Crippen LogP contribution in [0.25, 0.3) is 11.3 Å². The molecule has 3 N–H and O–H groups in total. The number of primary sulfonamides is 1. The van der Waals surface area contributed by atoms with Gasteiger partial charge in [0.2, 0.25) is 10.0 Å². The van der Waals surface area contributed by atoms with Crippen molar-refractivity contribution in [2.75, 3.05) is 0 Å². The minimum atomic E-state index is -3.76. The summed E-state index contributed by atoms with van der Waals surface area (Å²) < 4.78 is 23.0. The summed E-state index contributed by atoms with van der Waals surface area (Å²) in [6, 6.07) is 10.3. The molecule has 0 saturated heterocycles. The summed E-state index contributed by atoms with van der Waals surface area (Å²) in [5.74, 6) is 6.69. The van der Waals surface area contributed by atoms with E-state index in [9.17, 15) is 8.42 Å². The Bertz CT molecular complexity index is 1180. The van der Waals surface area contributed by atoms with Crippen LogP contribution in [0.5, 0.6) is 0 Å². The molecule has 1 fully saturated rings. The molecule has 2 heterocycles. The van der Waals surface area contributed by atoms with Crippen molar-refractivity contribution in [3.63, 3.8) is 0 Å². The number of pyridine rings is 1. The van der Waals surface area contributed by atoms with Crippen LogP contribution in [0.3, 0.4) is 0 Å². The molecule has 0 amide bonds. The van der Waals surface area contributed by atoms with Crippen LogP contribution in [-0.4, -0.2) is 23.6 Å². The highest BCUT2D eigenvalue weighted by Crippen LogP contribution is 2.40. The van der Waals surface area contributed by atoms with Crippen LogP contribution in [0.1, 0.15) is 41.3 Å². The van der Waals surface area contributed by atoms with Gasteiger partial charge in [-0.3, -0.25) is 10.1 Å². The summed E-state index contributed by atoms with van der Waals surface area (Å²) in [5, 5.41) is 12.6. The Morgan fingerprint density at radius 1 is 1.19 bits per heavy atom. The third-order valence-electron chi connectivity index (χ3n) is 4.49. The molecular weight excluding hydrogens is 360 g/mol. The highest BCUT2D eigenvalue weighted by molar-refractivity contribution is 7.89. The van der Waals surface area contributed by atoms with E-state index in [-0.39, 0.29) is 4.90 Å². The molecule has 1 saturated carbocycles. The van der Waals surface area contributed by atoms with E-state index in [4.69, 9.17) is 5.14 Å². The minimum absolute atomic E-state index is 0.0432. The van der Waals surface area contributed by atoms with E-state index in [1.165, 1.54) is 25.0 Å². The molecule has 0 aliphatic heterocycles. The first-order valence-electron chi connectivity index (χ1n) is 8.58. The van der Waals surface area contributed by atoms with Crippen LogP contribution in [0, 0.1) is 18.8 Å². The highest BCUT2D eigenvalue weighted by atomic mass is 32.2. The average Bonchev–Trinajstić information content (AvgIpc) is 3.43. The number of nitrogens with zero attached hydrogens (tertiary/aromatic N) is 2. The number of rotatable bonds is 3. The van der Waals surface area contributed by atoms with E-state index in [1.807, 2.05) is 13.0 Å². The smallest absolute Gasteiger partial charge is 0.238 e. The maximum atomic E-state index is 11.5. The van der Waals surface area contributed by atoms with Gasteiger partial charge in [-0.2, -0.15) is 5.10 Å². The molecule has 1 aliphatic rings. The zero-order valence-electron chi connectivity index (χ0n) is 14.7. The van der Waals surface area contributed by atoms with Gasteiger partial charge in [0.05, 0.1) is 10.5 Å². The number of nitrogens with one attached hydrogen (secondary N) is 1. The first-order valence-corrected chi connectivity index (χ1v) is 10.1. The molecule has 1 aliphatic carbocycles. The van der Waals surface area contributed by atoms with Gasteiger partial charge in [-0.05, 0) is 50.1 Å². The van der Waals surface area contributed by atoms with E-state index in [0.717, 1.165) is 28.2 Å². The van der Waals surface area contributed by atoms with Crippen LogP contribution >= 0.6 is 0 Å². The number of aromatic amines is 1. The normalized spacial score (nSPS) is 13.9. The standard InChI is InChI=1S/C20H18N4O2S/c1-13-18(8-5-14-3-2-4-17(11-14)27(21,25)26)20(24-23-13)16-9-10-22-19(12-16)15-6-7-15/h2-4,9-12,15H,6-7H2,1H3,(H,23,24)(H2,21,25,26). The van der Waals surface area contributed by atoms with Gasteiger partial charge in [0.15, 0.2) is 0 Å². The van der Waals surface area contributed by atoms with Gasteiger partial charge >= 0.3 is 0 Å². The molecule has 6 nitrogen and oxygen atoms in total. The molecule has 1 aromatic carbocycles. The minimum Gasteiger partial charge on any atom is -0.281 e. The molecule has 136 valence electrons. The van der Waals surface area contributed by atoms with Crippen LogP contribution in [-0.2, 0) is 10.0 Å². The van der Waals surface area contributed by atoms with Crippen molar-refractivity contribution in [3.05, 3.63) is 65.1 Å². The van der Waals surface area contributed by atoms with Crippen LogP contribution < -0.4 is 5.14 Å². The zero-order chi connectivity index (χ0) is 19.0. The summed E-state index contributed by atoms with van der Waals surface area (Å²) in [5.41, 5.74) is 5.04. The Morgan fingerprint density at radius 3 is 2.74 bits per heavy atom. The lowest BCUT2D eigenvalue weighted by Crippen LogP contribution is -2.11. The fourth-order valence-electron chi connectivity index (χ4n) is 2.87. The number of benzene rings is 1. The Labute approximate surface area is 157 Å². The van der Waals surface area contributed by atoms with Crippen molar-refractivity contribution >= 4 is 10.0 Å². The number of nitrogens with two attached hydrogens (primary N) is 1. The van der Waals surface area contributed by atoms with Crippen molar-refractivity contribution < 1.29 is 8.42 Å². The fraction of sp³-hybridized carbons (Fsp3) is 0.200. The van der Waals surface area contributed by atoms with Gasteiger partial charge in [-0.25, -0.2) is 13.6 Å². The summed E-state index contributed by atoms with van der Waals surface area (Å²) in [6.07, 6.45) is 4.17. The molecule has 0 atom stereocenters. The van der Waals surface area contributed by atoms with E-state index in [2.05, 4.69) is 33.1 Å². The van der Waals surface area contributed by atoms with Gasteiger partial charge in [-0.15, -0.1) is 0 Å². The molecule has 4 rings (SSSR count). The molecule has 0 unspecified atom stereocenters. The van der Waals surface area contributed by atoms with Crippen molar-refractivity contribution in [2.45, 2.75) is 30.6 Å². The Hall–Kier alpha value is -2.95. The molecule has 0 radical (unpaired) electrons. The molecule has 0 bridgehead atoms. The molecular formula is C20H18N4O2S. The van der Waals surface area contributed by atoms with Crippen LogP contribution in [0.2, 0.25) is 0 Å². The lowest BCUT2D eigenvalue weighted by Gasteiger charge is -2.02. The first kappa shape index (κ1) is 17.5. The SMILES string of the molecule is Cc1[nH]nc(-c2ccnc(C3CC3)c2)c1C#Cc1cccc(S(N)(=O)=O)c1. The topological polar surface area (TPSA) is 102 Å². The summed E-state index contributed by atoms with van der Waals surface area (Å²) in [6.45, 7) is 1.91. The molecule has 7 heteroatoms. The van der Waals surface area contributed by atoms with E-state index < -0.39 is 10.0 Å². The summed E-state index contributed by atoms with van der Waals surface area (Å²) in [4.78, 5) is 4.49. The predicted molar refractivity (Wildman–Crippen MR) is 102 cm³/mol. The Kier molecular flexibility index (Phi) is 4.30. The lowest BCUT2D eigenvalue weighted by atomic mass is 10.1. The Morgan fingerprint density at radius 2 is 2.00 bits per heavy atom. The number of hydrogen-bond acceptors (Lipinski definition) is 4. The van der Waals surface area contributed by atoms with E-state index in [0.29, 0.717) is 11.5 Å². The first-order chi connectivity index (χ1) is 12.9. The second-order valence-corrected chi connectivity index (χ2v) is 8.20. The molecule has 2 aromatic heterocycles. The van der Waals surface area contributed by atoms with E-state index >= 15 is 0 Å². The van der Waals surface area contributed by atoms with Crippen molar-refractivity contribution in [1.82, 2.24) is 15.2 Å². The second kappa shape index (κ2) is 6.65. The van der Waals surface area contributed by atoms with Gasteiger partial charge in [0, 0.05) is 34.6 Å².